The standard InChI is InChI=1S/C19H20N6O/c26-19(18-17-15(7-10-21-18)23-12-24-17)22-11-8-16-20-9-6-14(25-16)13-4-2-1-3-5-13/h1-6,9,12,18,21H,7-8,10-11H2,(H,22,26)(H,23,24)/t18-/m1/s1. The second-order valence-corrected chi connectivity index (χ2v) is 6.17. The van der Waals surface area contributed by atoms with Crippen LogP contribution in [-0.2, 0) is 17.6 Å². The van der Waals surface area contributed by atoms with Crippen molar-refractivity contribution in [2.45, 2.75) is 18.9 Å². The molecule has 0 radical (unpaired) electrons. The molecule has 1 aliphatic rings. The summed E-state index contributed by atoms with van der Waals surface area (Å²) >= 11 is 0. The van der Waals surface area contributed by atoms with Gasteiger partial charge in [-0.05, 0) is 6.07 Å². The van der Waals surface area contributed by atoms with Gasteiger partial charge in [0.25, 0.3) is 0 Å². The molecule has 0 spiro atoms. The Balaban J connectivity index is 1.36. The largest absolute Gasteiger partial charge is 0.354 e. The average Bonchev–Trinajstić information content (AvgIpc) is 3.18. The predicted molar refractivity (Wildman–Crippen MR) is 97.2 cm³/mol. The highest BCUT2D eigenvalue weighted by atomic mass is 16.2. The fraction of sp³-hybridized carbons (Fsp3) is 0.263. The molecular weight excluding hydrogens is 328 g/mol. The summed E-state index contributed by atoms with van der Waals surface area (Å²) in [6.45, 7) is 1.24. The van der Waals surface area contributed by atoms with Gasteiger partial charge in [0.2, 0.25) is 5.91 Å². The first kappa shape index (κ1) is 16.4. The molecule has 0 saturated carbocycles. The second-order valence-electron chi connectivity index (χ2n) is 6.17. The molecule has 0 fully saturated rings. The maximum atomic E-state index is 12.5. The van der Waals surface area contributed by atoms with Crippen molar-refractivity contribution in [3.63, 3.8) is 0 Å². The van der Waals surface area contributed by atoms with E-state index in [1.54, 1.807) is 12.5 Å². The Kier molecular flexibility index (Phi) is 4.70. The molecule has 3 heterocycles. The molecule has 1 atom stereocenters. The maximum Gasteiger partial charge on any atom is 0.243 e. The van der Waals surface area contributed by atoms with Crippen LogP contribution in [0, 0.1) is 0 Å². The SMILES string of the molecule is O=C(NCCc1nccc(-c2ccccc2)n1)[C@@H]1NCCc2[nH]cnc21. The van der Waals surface area contributed by atoms with Crippen molar-refractivity contribution >= 4 is 5.91 Å². The zero-order valence-electron chi connectivity index (χ0n) is 14.3. The zero-order chi connectivity index (χ0) is 17.8. The molecule has 0 aliphatic carbocycles. The summed E-state index contributed by atoms with van der Waals surface area (Å²) in [5, 5.41) is 6.17. The molecule has 132 valence electrons. The molecular formula is C19H20N6O. The van der Waals surface area contributed by atoms with Gasteiger partial charge in [0.1, 0.15) is 11.9 Å². The topological polar surface area (TPSA) is 95.6 Å². The van der Waals surface area contributed by atoms with E-state index >= 15 is 0 Å². The quantitative estimate of drug-likeness (QED) is 0.648. The van der Waals surface area contributed by atoms with Gasteiger partial charge in [-0.25, -0.2) is 15.0 Å². The highest BCUT2D eigenvalue weighted by Gasteiger charge is 2.28. The van der Waals surface area contributed by atoms with Crippen molar-refractivity contribution in [2.24, 2.45) is 0 Å². The molecule has 0 saturated heterocycles. The molecule has 1 amide bonds. The lowest BCUT2D eigenvalue weighted by Gasteiger charge is -2.22. The van der Waals surface area contributed by atoms with Crippen molar-refractivity contribution in [2.75, 3.05) is 13.1 Å². The summed E-state index contributed by atoms with van der Waals surface area (Å²) in [4.78, 5) is 28.7. The summed E-state index contributed by atoms with van der Waals surface area (Å²) in [6.07, 6.45) is 4.83. The van der Waals surface area contributed by atoms with Crippen LogP contribution < -0.4 is 10.6 Å². The zero-order valence-corrected chi connectivity index (χ0v) is 14.3. The lowest BCUT2D eigenvalue weighted by molar-refractivity contribution is -0.123. The molecule has 4 rings (SSSR count). The highest BCUT2D eigenvalue weighted by Crippen LogP contribution is 2.19. The van der Waals surface area contributed by atoms with Crippen LogP contribution in [0.4, 0.5) is 0 Å². The minimum absolute atomic E-state index is 0.0720. The summed E-state index contributed by atoms with van der Waals surface area (Å²) in [5.41, 5.74) is 3.76. The van der Waals surface area contributed by atoms with Crippen LogP contribution in [0.5, 0.6) is 0 Å². The number of aromatic amines is 1. The summed E-state index contributed by atoms with van der Waals surface area (Å²) in [6, 6.07) is 11.5. The molecule has 26 heavy (non-hydrogen) atoms. The number of carbonyl (C=O) groups excluding carboxylic acids is 1. The Morgan fingerprint density at radius 2 is 2.08 bits per heavy atom. The Morgan fingerprint density at radius 1 is 1.19 bits per heavy atom. The van der Waals surface area contributed by atoms with Gasteiger partial charge in [0.15, 0.2) is 0 Å². The smallest absolute Gasteiger partial charge is 0.243 e. The van der Waals surface area contributed by atoms with E-state index in [1.807, 2.05) is 36.4 Å². The minimum Gasteiger partial charge on any atom is -0.354 e. The van der Waals surface area contributed by atoms with Gasteiger partial charge in [-0.1, -0.05) is 30.3 Å². The predicted octanol–water partition coefficient (Wildman–Crippen LogP) is 1.41. The van der Waals surface area contributed by atoms with Crippen molar-refractivity contribution < 1.29 is 4.79 Å². The average molecular weight is 348 g/mol. The number of nitrogens with one attached hydrogen (secondary N) is 3. The van der Waals surface area contributed by atoms with E-state index in [4.69, 9.17) is 0 Å². The number of H-pyrrole nitrogens is 1. The minimum atomic E-state index is -0.401. The molecule has 7 heteroatoms. The maximum absolute atomic E-state index is 12.5. The third-order valence-electron chi connectivity index (χ3n) is 4.43. The van der Waals surface area contributed by atoms with Crippen molar-refractivity contribution in [1.82, 2.24) is 30.6 Å². The first-order chi connectivity index (χ1) is 12.8. The molecule has 2 aromatic heterocycles. The number of aromatic nitrogens is 4. The number of carbonyl (C=O) groups is 1. The summed E-state index contributed by atoms with van der Waals surface area (Å²) in [7, 11) is 0. The van der Waals surface area contributed by atoms with Crippen molar-refractivity contribution in [1.29, 1.82) is 0 Å². The summed E-state index contributed by atoms with van der Waals surface area (Å²) < 4.78 is 0. The Bertz CT molecular complexity index is 892. The molecule has 7 nitrogen and oxygen atoms in total. The fourth-order valence-electron chi connectivity index (χ4n) is 3.12. The molecule has 0 unspecified atom stereocenters. The van der Waals surface area contributed by atoms with Crippen LogP contribution in [0.3, 0.4) is 0 Å². The van der Waals surface area contributed by atoms with Crippen LogP contribution in [0.2, 0.25) is 0 Å². The van der Waals surface area contributed by atoms with Crippen LogP contribution in [0.1, 0.15) is 23.3 Å². The molecule has 3 N–H and O–H groups in total. The lowest BCUT2D eigenvalue weighted by atomic mass is 10.1. The number of benzene rings is 1. The highest BCUT2D eigenvalue weighted by molar-refractivity contribution is 5.83. The Hall–Kier alpha value is -3.06. The van der Waals surface area contributed by atoms with Gasteiger partial charge >= 0.3 is 0 Å². The van der Waals surface area contributed by atoms with E-state index in [0.29, 0.717) is 18.8 Å². The number of nitrogens with zero attached hydrogens (tertiary/aromatic N) is 3. The number of rotatable bonds is 5. The molecule has 1 aliphatic heterocycles. The first-order valence-corrected chi connectivity index (χ1v) is 8.72. The van der Waals surface area contributed by atoms with Crippen LogP contribution in [0.15, 0.2) is 48.9 Å². The number of hydrogen-bond donors (Lipinski definition) is 3. The Labute approximate surface area is 151 Å². The van der Waals surface area contributed by atoms with E-state index in [1.165, 1.54) is 0 Å². The van der Waals surface area contributed by atoms with E-state index in [9.17, 15) is 4.79 Å². The van der Waals surface area contributed by atoms with Crippen LogP contribution in [0.25, 0.3) is 11.3 Å². The third-order valence-corrected chi connectivity index (χ3v) is 4.43. The third kappa shape index (κ3) is 3.48. The van der Waals surface area contributed by atoms with Gasteiger partial charge in [-0.2, -0.15) is 0 Å². The van der Waals surface area contributed by atoms with Gasteiger partial charge in [-0.3, -0.25) is 4.79 Å². The molecule has 0 bridgehead atoms. The fourth-order valence-corrected chi connectivity index (χ4v) is 3.12. The van der Waals surface area contributed by atoms with Crippen LogP contribution >= 0.6 is 0 Å². The molecule has 3 aromatic rings. The Morgan fingerprint density at radius 3 is 2.96 bits per heavy atom. The van der Waals surface area contributed by atoms with Gasteiger partial charge in [0.05, 0.1) is 17.7 Å². The summed E-state index contributed by atoms with van der Waals surface area (Å²) in [5.74, 6) is 0.640. The lowest BCUT2D eigenvalue weighted by Crippen LogP contribution is -2.42. The number of amides is 1. The monoisotopic (exact) mass is 348 g/mol. The first-order valence-electron chi connectivity index (χ1n) is 8.72. The van der Waals surface area contributed by atoms with Crippen molar-refractivity contribution in [3.8, 4) is 11.3 Å². The number of hydrogen-bond acceptors (Lipinski definition) is 5. The second kappa shape index (κ2) is 7.45. The van der Waals surface area contributed by atoms with E-state index < -0.39 is 6.04 Å². The normalized spacial score (nSPS) is 16.1. The van der Waals surface area contributed by atoms with Crippen LogP contribution in [-0.4, -0.2) is 38.9 Å². The van der Waals surface area contributed by atoms with Gasteiger partial charge in [-0.15, -0.1) is 0 Å². The number of fused-ring (bicyclic) bond motifs is 1. The van der Waals surface area contributed by atoms with Crippen molar-refractivity contribution in [3.05, 3.63) is 66.1 Å². The number of imidazole rings is 1. The van der Waals surface area contributed by atoms with E-state index in [-0.39, 0.29) is 5.91 Å². The molecule has 1 aromatic carbocycles. The van der Waals surface area contributed by atoms with E-state index in [0.717, 1.165) is 35.6 Å². The van der Waals surface area contributed by atoms with Gasteiger partial charge < -0.3 is 15.6 Å². The van der Waals surface area contributed by atoms with E-state index in [2.05, 4.69) is 30.6 Å². The van der Waals surface area contributed by atoms with Gasteiger partial charge in [0, 0.05) is 43.4 Å².